The van der Waals surface area contributed by atoms with E-state index in [2.05, 4.69) is 10.5 Å². The van der Waals surface area contributed by atoms with E-state index in [4.69, 9.17) is 16.4 Å². The van der Waals surface area contributed by atoms with Gasteiger partial charge in [0.25, 0.3) is 11.5 Å². The van der Waals surface area contributed by atoms with Gasteiger partial charge in [0, 0.05) is 24.4 Å². The Kier molecular flexibility index (Phi) is 5.46. The van der Waals surface area contributed by atoms with Crippen LogP contribution in [0.5, 0.6) is 0 Å². The highest BCUT2D eigenvalue weighted by atomic mass is 35.5. The van der Waals surface area contributed by atoms with Gasteiger partial charge in [-0.15, -0.1) is 11.3 Å². The van der Waals surface area contributed by atoms with Gasteiger partial charge in [0.2, 0.25) is 0 Å². The fourth-order valence-electron chi connectivity index (χ4n) is 2.92. The number of amides is 1. The maximum Gasteiger partial charge on any atom is 0.261 e. The number of nitrogens with one attached hydrogen (secondary N) is 1. The van der Waals surface area contributed by atoms with E-state index in [1.165, 1.54) is 22.0 Å². The van der Waals surface area contributed by atoms with E-state index in [1.54, 1.807) is 36.4 Å². The number of aromatic nitrogens is 1. The summed E-state index contributed by atoms with van der Waals surface area (Å²) in [6, 6.07) is 12.7. The number of thiophene rings is 1. The summed E-state index contributed by atoms with van der Waals surface area (Å²) >= 11 is 7.06. The molecule has 0 saturated carbocycles. The summed E-state index contributed by atoms with van der Waals surface area (Å²) in [6.07, 6.45) is 1.41. The second kappa shape index (κ2) is 8.18. The Morgan fingerprint density at radius 2 is 2.03 bits per heavy atom. The molecule has 1 aliphatic heterocycles. The number of oxime groups is 1. The van der Waals surface area contributed by atoms with E-state index in [0.29, 0.717) is 27.9 Å². The van der Waals surface area contributed by atoms with Crippen molar-refractivity contribution in [2.75, 3.05) is 6.54 Å². The lowest BCUT2D eigenvalue weighted by atomic mass is 10.0. The zero-order valence-corrected chi connectivity index (χ0v) is 16.5. The second-order valence-corrected chi connectivity index (χ2v) is 8.10. The molecule has 0 spiro atoms. The molecule has 29 heavy (non-hydrogen) atoms. The molecule has 1 aliphatic rings. The summed E-state index contributed by atoms with van der Waals surface area (Å²) < 4.78 is 15.2. The van der Waals surface area contributed by atoms with Gasteiger partial charge in [-0.25, -0.2) is 4.39 Å². The van der Waals surface area contributed by atoms with E-state index in [-0.39, 0.29) is 17.6 Å². The number of carbonyl (C=O) groups excluding carboxylic acids is 1. The summed E-state index contributed by atoms with van der Waals surface area (Å²) in [5, 5.41) is 6.90. The van der Waals surface area contributed by atoms with Gasteiger partial charge in [0.05, 0.1) is 21.5 Å². The first-order valence-corrected chi connectivity index (χ1v) is 9.94. The fourth-order valence-corrected chi connectivity index (χ4v) is 3.88. The van der Waals surface area contributed by atoms with Crippen molar-refractivity contribution < 1.29 is 14.0 Å². The lowest BCUT2D eigenvalue weighted by Crippen LogP contribution is -2.31. The molecule has 0 aliphatic carbocycles. The average molecular weight is 432 g/mol. The van der Waals surface area contributed by atoms with Gasteiger partial charge in [-0.05, 0) is 35.9 Å². The fraction of sp³-hybridized carbons (Fsp3) is 0.150. The largest absolute Gasteiger partial charge is 0.390 e. The predicted molar refractivity (Wildman–Crippen MR) is 110 cm³/mol. The number of rotatable bonds is 5. The maximum absolute atomic E-state index is 13.4. The summed E-state index contributed by atoms with van der Waals surface area (Å²) in [5.74, 6) is -0.694. The minimum atomic E-state index is -0.489. The smallest absolute Gasteiger partial charge is 0.261 e. The third-order valence-electron chi connectivity index (χ3n) is 4.37. The van der Waals surface area contributed by atoms with Crippen molar-refractivity contribution >= 4 is 34.6 Å². The number of halogens is 2. The number of pyridine rings is 1. The molecule has 1 atom stereocenters. The van der Waals surface area contributed by atoms with E-state index < -0.39 is 5.82 Å². The molecule has 1 unspecified atom stereocenters. The molecule has 0 radical (unpaired) electrons. The highest BCUT2D eigenvalue weighted by Crippen LogP contribution is 2.22. The molecule has 1 amide bonds. The van der Waals surface area contributed by atoms with Crippen LogP contribution < -0.4 is 10.9 Å². The molecule has 1 N–H and O–H groups in total. The third kappa shape index (κ3) is 4.38. The van der Waals surface area contributed by atoms with Crippen LogP contribution in [0.15, 0.2) is 64.7 Å². The number of carbonyl (C=O) groups is 1. The molecule has 2 aromatic heterocycles. The molecule has 4 rings (SSSR count). The molecule has 3 aromatic rings. The highest BCUT2D eigenvalue weighted by Gasteiger charge is 2.23. The van der Waals surface area contributed by atoms with Crippen LogP contribution in [0.3, 0.4) is 0 Å². The van der Waals surface area contributed by atoms with Crippen LogP contribution in [0.1, 0.15) is 21.7 Å². The summed E-state index contributed by atoms with van der Waals surface area (Å²) in [4.78, 5) is 29.9. The number of hydrogen-bond acceptors (Lipinski definition) is 5. The summed E-state index contributed by atoms with van der Waals surface area (Å²) in [6.45, 7) is 0.318. The molecule has 1 aromatic carbocycles. The standard InChI is InChI=1S/C20H15ClFN3O3S/c21-18-7-6-17(29-18)20(27)23-10-15-9-16(24-28-15)12-1-4-14(5-2-12)25-11-13(22)3-8-19(25)26/h1-8,11,15H,9-10H2,(H,23,27). The maximum atomic E-state index is 13.4. The van der Waals surface area contributed by atoms with Gasteiger partial charge >= 0.3 is 0 Å². The van der Waals surface area contributed by atoms with Crippen LogP contribution in [-0.2, 0) is 4.84 Å². The van der Waals surface area contributed by atoms with Gasteiger partial charge in [0.1, 0.15) is 11.9 Å². The monoisotopic (exact) mass is 431 g/mol. The molecular formula is C20H15ClFN3O3S. The van der Waals surface area contributed by atoms with Gasteiger partial charge in [-0.1, -0.05) is 28.9 Å². The van der Waals surface area contributed by atoms with Gasteiger partial charge in [0.15, 0.2) is 0 Å². The number of benzene rings is 1. The normalized spacial score (nSPS) is 15.7. The molecule has 0 fully saturated rings. The van der Waals surface area contributed by atoms with Crippen molar-refractivity contribution in [1.82, 2.24) is 9.88 Å². The van der Waals surface area contributed by atoms with E-state index in [9.17, 15) is 14.0 Å². The zero-order valence-electron chi connectivity index (χ0n) is 15.0. The van der Waals surface area contributed by atoms with E-state index in [1.807, 2.05) is 0 Å². The van der Waals surface area contributed by atoms with Crippen molar-refractivity contribution in [2.45, 2.75) is 12.5 Å². The van der Waals surface area contributed by atoms with E-state index in [0.717, 1.165) is 23.5 Å². The van der Waals surface area contributed by atoms with Gasteiger partial charge < -0.3 is 10.2 Å². The zero-order chi connectivity index (χ0) is 20.4. The molecule has 0 bridgehead atoms. The Morgan fingerprint density at radius 1 is 1.24 bits per heavy atom. The molecule has 148 valence electrons. The molecule has 6 nitrogen and oxygen atoms in total. The Labute approximate surface area is 174 Å². The van der Waals surface area contributed by atoms with Crippen molar-refractivity contribution in [1.29, 1.82) is 0 Å². The Morgan fingerprint density at radius 3 is 2.76 bits per heavy atom. The highest BCUT2D eigenvalue weighted by molar-refractivity contribution is 7.17. The minimum absolute atomic E-state index is 0.205. The van der Waals surface area contributed by atoms with Crippen LogP contribution in [0.25, 0.3) is 5.69 Å². The van der Waals surface area contributed by atoms with Crippen LogP contribution >= 0.6 is 22.9 Å². The van der Waals surface area contributed by atoms with Crippen LogP contribution in [0, 0.1) is 5.82 Å². The minimum Gasteiger partial charge on any atom is -0.390 e. The second-order valence-electron chi connectivity index (χ2n) is 6.39. The lowest BCUT2D eigenvalue weighted by Gasteiger charge is -2.09. The first kappa shape index (κ1) is 19.4. The van der Waals surface area contributed by atoms with Gasteiger partial charge in [-0.3, -0.25) is 14.2 Å². The van der Waals surface area contributed by atoms with Crippen molar-refractivity contribution in [2.24, 2.45) is 5.16 Å². The SMILES string of the molecule is O=C(NCC1CC(c2ccc(-n3cc(F)ccc3=O)cc2)=NO1)c1ccc(Cl)s1. The summed E-state index contributed by atoms with van der Waals surface area (Å²) in [7, 11) is 0. The Bertz CT molecular complexity index is 1140. The number of nitrogens with zero attached hydrogens (tertiary/aromatic N) is 2. The van der Waals surface area contributed by atoms with Gasteiger partial charge in [-0.2, -0.15) is 0 Å². The van der Waals surface area contributed by atoms with E-state index >= 15 is 0 Å². The quantitative estimate of drug-likeness (QED) is 0.670. The number of hydrogen-bond donors (Lipinski definition) is 1. The summed E-state index contributed by atoms with van der Waals surface area (Å²) in [5.41, 5.74) is 1.80. The molecule has 9 heteroatoms. The Balaban J connectivity index is 1.37. The lowest BCUT2D eigenvalue weighted by molar-refractivity contribution is 0.0755. The Hall–Kier alpha value is -2.97. The average Bonchev–Trinajstić information content (AvgIpc) is 3.37. The van der Waals surface area contributed by atoms with Crippen LogP contribution in [-0.4, -0.2) is 28.8 Å². The van der Waals surface area contributed by atoms with Crippen molar-refractivity contribution in [3.8, 4) is 5.69 Å². The topological polar surface area (TPSA) is 72.7 Å². The predicted octanol–water partition coefficient (Wildman–Crippen LogP) is 3.61. The first-order chi connectivity index (χ1) is 14.0. The molecule has 3 heterocycles. The van der Waals surface area contributed by atoms with Crippen molar-refractivity contribution in [3.63, 3.8) is 0 Å². The van der Waals surface area contributed by atoms with Crippen LogP contribution in [0.4, 0.5) is 4.39 Å². The van der Waals surface area contributed by atoms with Crippen molar-refractivity contribution in [3.05, 3.63) is 85.7 Å². The van der Waals surface area contributed by atoms with Crippen LogP contribution in [0.2, 0.25) is 4.34 Å². The third-order valence-corrected chi connectivity index (χ3v) is 5.60. The molecule has 0 saturated heterocycles. The molecular weight excluding hydrogens is 417 g/mol. The first-order valence-electron chi connectivity index (χ1n) is 8.75.